The first-order chi connectivity index (χ1) is 11.8. The van der Waals surface area contributed by atoms with Gasteiger partial charge in [-0.15, -0.1) is 0 Å². The molecule has 0 spiro atoms. The highest BCUT2D eigenvalue weighted by Crippen LogP contribution is 2.16. The molecule has 1 aliphatic rings. The molecule has 0 aliphatic heterocycles. The maximum atomic E-state index is 13.1. The molecule has 0 amide bonds. The van der Waals surface area contributed by atoms with Crippen LogP contribution in [-0.2, 0) is 35.2 Å². The minimum absolute atomic E-state index is 0.0119. The molecule has 25 heavy (non-hydrogen) atoms. The molecule has 0 atom stereocenters. The van der Waals surface area contributed by atoms with Crippen molar-refractivity contribution in [3.63, 3.8) is 0 Å². The van der Waals surface area contributed by atoms with Crippen molar-refractivity contribution in [1.29, 1.82) is 0 Å². The Kier molecular flexibility index (Phi) is 4.96. The SMILES string of the molecule is O=c1cc2c(nn1CCNS(=O)(=O)Cc1cc(F)cc(F)c1)CCC2. The molecule has 0 unspecified atom stereocenters. The van der Waals surface area contributed by atoms with Gasteiger partial charge in [0, 0.05) is 18.7 Å². The average Bonchev–Trinajstić information content (AvgIpc) is 2.92. The Morgan fingerprint density at radius 2 is 1.84 bits per heavy atom. The number of hydrogen-bond donors (Lipinski definition) is 1. The van der Waals surface area contributed by atoms with Crippen LogP contribution in [0.1, 0.15) is 23.2 Å². The topological polar surface area (TPSA) is 81.1 Å². The number of hydrogen-bond acceptors (Lipinski definition) is 4. The number of aromatic nitrogens is 2. The number of fused-ring (bicyclic) bond motifs is 1. The van der Waals surface area contributed by atoms with Gasteiger partial charge in [-0.1, -0.05) is 0 Å². The molecule has 134 valence electrons. The molecule has 0 bridgehead atoms. The third-order valence-electron chi connectivity index (χ3n) is 3.95. The Morgan fingerprint density at radius 3 is 2.56 bits per heavy atom. The summed E-state index contributed by atoms with van der Waals surface area (Å²) in [5.41, 5.74) is 1.57. The van der Waals surface area contributed by atoms with Crippen molar-refractivity contribution in [2.45, 2.75) is 31.6 Å². The van der Waals surface area contributed by atoms with Crippen LogP contribution in [0.5, 0.6) is 0 Å². The van der Waals surface area contributed by atoms with Crippen molar-refractivity contribution in [3.05, 3.63) is 63.1 Å². The zero-order chi connectivity index (χ0) is 18.0. The third kappa shape index (κ3) is 4.49. The quantitative estimate of drug-likeness (QED) is 0.828. The second-order valence-corrected chi connectivity index (χ2v) is 7.77. The van der Waals surface area contributed by atoms with Crippen LogP contribution in [0.15, 0.2) is 29.1 Å². The summed E-state index contributed by atoms with van der Waals surface area (Å²) in [6, 6.07) is 4.15. The van der Waals surface area contributed by atoms with E-state index in [0.717, 1.165) is 42.7 Å². The molecular formula is C16H17F2N3O3S. The van der Waals surface area contributed by atoms with Gasteiger partial charge in [-0.2, -0.15) is 5.10 Å². The van der Waals surface area contributed by atoms with Crippen LogP contribution < -0.4 is 10.3 Å². The zero-order valence-corrected chi connectivity index (χ0v) is 14.2. The lowest BCUT2D eigenvalue weighted by Gasteiger charge is -2.09. The van der Waals surface area contributed by atoms with Gasteiger partial charge in [0.05, 0.1) is 18.0 Å². The van der Waals surface area contributed by atoms with Crippen molar-refractivity contribution in [2.24, 2.45) is 0 Å². The highest BCUT2D eigenvalue weighted by atomic mass is 32.2. The summed E-state index contributed by atoms with van der Waals surface area (Å²) in [5.74, 6) is -2.22. The first kappa shape index (κ1) is 17.7. The van der Waals surface area contributed by atoms with Crippen molar-refractivity contribution in [1.82, 2.24) is 14.5 Å². The van der Waals surface area contributed by atoms with E-state index in [4.69, 9.17) is 0 Å². The summed E-state index contributed by atoms with van der Waals surface area (Å²) >= 11 is 0. The highest BCUT2D eigenvalue weighted by molar-refractivity contribution is 7.88. The van der Waals surface area contributed by atoms with Crippen LogP contribution in [0.25, 0.3) is 0 Å². The maximum Gasteiger partial charge on any atom is 0.267 e. The highest BCUT2D eigenvalue weighted by Gasteiger charge is 2.16. The Balaban J connectivity index is 1.62. The summed E-state index contributed by atoms with van der Waals surface area (Å²) in [7, 11) is -3.79. The van der Waals surface area contributed by atoms with Gasteiger partial charge >= 0.3 is 0 Å². The Hall–Kier alpha value is -2.13. The Bertz CT molecular complexity index is 937. The summed E-state index contributed by atoms with van der Waals surface area (Å²) < 4.78 is 53.8. The fourth-order valence-electron chi connectivity index (χ4n) is 2.87. The molecule has 0 radical (unpaired) electrons. The molecule has 0 saturated heterocycles. The van der Waals surface area contributed by atoms with E-state index in [1.165, 1.54) is 4.68 Å². The lowest BCUT2D eigenvalue weighted by Crippen LogP contribution is -2.33. The second-order valence-electron chi connectivity index (χ2n) is 5.96. The van der Waals surface area contributed by atoms with Gasteiger partial charge < -0.3 is 0 Å². The molecule has 6 nitrogen and oxygen atoms in total. The lowest BCUT2D eigenvalue weighted by atomic mass is 10.2. The minimum atomic E-state index is -3.79. The predicted molar refractivity (Wildman–Crippen MR) is 87.5 cm³/mol. The predicted octanol–water partition coefficient (Wildman–Crippen LogP) is 1.13. The van der Waals surface area contributed by atoms with Crippen LogP contribution in [0, 0.1) is 11.6 Å². The van der Waals surface area contributed by atoms with Gasteiger partial charge in [-0.25, -0.2) is 26.6 Å². The van der Waals surface area contributed by atoms with Crippen molar-refractivity contribution >= 4 is 10.0 Å². The number of halogens is 2. The fraction of sp³-hybridized carbons (Fsp3) is 0.375. The van der Waals surface area contributed by atoms with E-state index in [1.807, 2.05) is 0 Å². The number of sulfonamides is 1. The van der Waals surface area contributed by atoms with Crippen LogP contribution in [0.4, 0.5) is 8.78 Å². The van der Waals surface area contributed by atoms with Gasteiger partial charge in [-0.3, -0.25) is 4.79 Å². The first-order valence-electron chi connectivity index (χ1n) is 7.85. The molecule has 0 saturated carbocycles. The lowest BCUT2D eigenvalue weighted by molar-refractivity contribution is 0.541. The molecule has 3 rings (SSSR count). The standard InChI is InChI=1S/C16H17F2N3O3S/c17-13-6-11(7-14(18)9-13)10-25(23,24)19-4-5-21-16(22)8-12-2-1-3-15(12)20-21/h6-9,19H,1-5,10H2. The number of nitrogens with one attached hydrogen (secondary N) is 1. The van der Waals surface area contributed by atoms with Crippen LogP contribution in [0.2, 0.25) is 0 Å². The van der Waals surface area contributed by atoms with E-state index in [1.54, 1.807) is 6.07 Å². The summed E-state index contributed by atoms with van der Waals surface area (Å²) in [6.07, 6.45) is 2.62. The smallest absolute Gasteiger partial charge is 0.267 e. The Labute approximate surface area is 143 Å². The molecule has 9 heteroatoms. The first-order valence-corrected chi connectivity index (χ1v) is 9.50. The van der Waals surface area contributed by atoms with Crippen LogP contribution in [-0.4, -0.2) is 24.7 Å². The minimum Gasteiger partial charge on any atom is -0.268 e. The average molecular weight is 369 g/mol. The van der Waals surface area contributed by atoms with Gasteiger partial charge in [-0.05, 0) is 42.5 Å². The van der Waals surface area contributed by atoms with Crippen molar-refractivity contribution in [3.8, 4) is 0 Å². The molecule has 1 N–H and O–H groups in total. The summed E-state index contributed by atoms with van der Waals surface area (Å²) in [5, 5.41) is 4.25. The maximum absolute atomic E-state index is 13.1. The van der Waals surface area contributed by atoms with Gasteiger partial charge in [0.1, 0.15) is 11.6 Å². The van der Waals surface area contributed by atoms with Gasteiger partial charge in [0.2, 0.25) is 10.0 Å². The number of benzene rings is 1. The molecule has 1 aromatic heterocycles. The molecule has 1 aromatic carbocycles. The molecule has 1 heterocycles. The van der Waals surface area contributed by atoms with Crippen LogP contribution >= 0.6 is 0 Å². The van der Waals surface area contributed by atoms with E-state index in [9.17, 15) is 22.0 Å². The second kappa shape index (κ2) is 7.01. The largest absolute Gasteiger partial charge is 0.268 e. The van der Waals surface area contributed by atoms with E-state index in [-0.39, 0.29) is 24.2 Å². The van der Waals surface area contributed by atoms with E-state index in [0.29, 0.717) is 6.07 Å². The normalized spacial score (nSPS) is 13.8. The molecular weight excluding hydrogens is 352 g/mol. The van der Waals surface area contributed by atoms with Crippen molar-refractivity contribution in [2.75, 3.05) is 6.54 Å². The van der Waals surface area contributed by atoms with Gasteiger partial charge in [0.25, 0.3) is 5.56 Å². The molecule has 1 aliphatic carbocycles. The van der Waals surface area contributed by atoms with Crippen molar-refractivity contribution < 1.29 is 17.2 Å². The van der Waals surface area contributed by atoms with E-state index < -0.39 is 27.4 Å². The van der Waals surface area contributed by atoms with Crippen LogP contribution in [0.3, 0.4) is 0 Å². The van der Waals surface area contributed by atoms with E-state index >= 15 is 0 Å². The molecule has 2 aromatic rings. The summed E-state index contributed by atoms with van der Waals surface area (Å²) in [4.78, 5) is 11.9. The summed E-state index contributed by atoms with van der Waals surface area (Å²) in [6.45, 7) is 0.0503. The Morgan fingerprint density at radius 1 is 1.12 bits per heavy atom. The zero-order valence-electron chi connectivity index (χ0n) is 13.3. The number of rotatable bonds is 6. The monoisotopic (exact) mass is 369 g/mol. The number of nitrogens with zero attached hydrogens (tertiary/aromatic N) is 2. The third-order valence-corrected chi connectivity index (χ3v) is 5.31. The number of aryl methyl sites for hydroxylation is 2. The van der Waals surface area contributed by atoms with E-state index in [2.05, 4.69) is 9.82 Å². The fourth-order valence-corrected chi connectivity index (χ4v) is 3.98. The van der Waals surface area contributed by atoms with Gasteiger partial charge in [0.15, 0.2) is 0 Å². The molecule has 0 fully saturated rings.